The lowest BCUT2D eigenvalue weighted by Crippen LogP contribution is -2.51. The molecule has 0 radical (unpaired) electrons. The van der Waals surface area contributed by atoms with Crippen LogP contribution in [0.15, 0.2) is 72.8 Å². The molecule has 0 amide bonds. The van der Waals surface area contributed by atoms with Gasteiger partial charge in [0.05, 0.1) is 0 Å². The minimum absolute atomic E-state index is 0.569. The van der Waals surface area contributed by atoms with E-state index in [0.29, 0.717) is 4.59 Å². The molecule has 0 fully saturated rings. The molecule has 1 unspecified atom stereocenters. The Morgan fingerprint density at radius 1 is 0.750 bits per heavy atom. The van der Waals surface area contributed by atoms with Crippen molar-refractivity contribution in [3.63, 3.8) is 0 Å². The smallest absolute Gasteiger partial charge is 0.186 e. The Labute approximate surface area is 143 Å². The predicted octanol–water partition coefficient (Wildman–Crippen LogP) is 5.50. The summed E-state index contributed by atoms with van der Waals surface area (Å²) in [5.41, 5.74) is 7.24. The largest absolute Gasteiger partial charge is 0.346 e. The Balaban J connectivity index is 2.13. The fourth-order valence-electron chi connectivity index (χ4n) is 3.75. The van der Waals surface area contributed by atoms with Crippen molar-refractivity contribution in [1.29, 1.82) is 0 Å². The van der Waals surface area contributed by atoms with E-state index in [-0.39, 0.29) is 0 Å². The summed E-state index contributed by atoms with van der Waals surface area (Å²) < 4.78 is 0.569. The monoisotopic (exact) mass is 316 g/mol. The topological polar surface area (TPSA) is 15.3 Å². The van der Waals surface area contributed by atoms with Crippen molar-refractivity contribution in [3.8, 4) is 0 Å². The summed E-state index contributed by atoms with van der Waals surface area (Å²) in [7, 11) is 4.28. The number of nitrogens with one attached hydrogen (secondary N) is 1. The highest BCUT2D eigenvalue weighted by Crippen LogP contribution is 2.54. The van der Waals surface area contributed by atoms with Crippen LogP contribution in [0.1, 0.15) is 5.56 Å². The van der Waals surface area contributed by atoms with Crippen LogP contribution in [0.2, 0.25) is 0 Å². The first-order valence-electron chi connectivity index (χ1n) is 8.24. The molecule has 3 aromatic carbocycles. The molecule has 1 N–H and O–H groups in total. The summed E-state index contributed by atoms with van der Waals surface area (Å²) in [6.07, 6.45) is 0. The highest BCUT2D eigenvalue weighted by atomic mass is 15.8. The number of anilines is 2. The molecule has 0 aliphatic carbocycles. The molecule has 0 aromatic heterocycles. The Hall–Kier alpha value is -2.62. The van der Waals surface area contributed by atoms with Gasteiger partial charge in [0.1, 0.15) is 11.4 Å². The van der Waals surface area contributed by atoms with E-state index in [9.17, 15) is 0 Å². The van der Waals surface area contributed by atoms with Crippen molar-refractivity contribution >= 4 is 28.4 Å². The third-order valence-corrected chi connectivity index (χ3v) is 4.75. The van der Waals surface area contributed by atoms with Crippen LogP contribution in [0, 0.1) is 6.92 Å². The fraction of sp³-hybridized carbons (Fsp3) is 0.143. The zero-order valence-corrected chi connectivity index (χ0v) is 14.3. The van der Waals surface area contributed by atoms with Crippen molar-refractivity contribution in [2.24, 2.45) is 0 Å². The number of para-hydroxylation sites is 3. The van der Waals surface area contributed by atoms with Gasteiger partial charge in [0.15, 0.2) is 17.1 Å². The van der Waals surface area contributed by atoms with Crippen LogP contribution in [0.25, 0.3) is 0 Å². The number of quaternary nitrogens is 1. The number of hydrogen-bond acceptors (Lipinski definition) is 2. The maximum atomic E-state index is 3.62. The summed E-state index contributed by atoms with van der Waals surface area (Å²) in [5.74, 6) is 0. The van der Waals surface area contributed by atoms with Gasteiger partial charge < -0.3 is 5.32 Å². The number of benzene rings is 3. The van der Waals surface area contributed by atoms with Gasteiger partial charge >= 0.3 is 0 Å². The Bertz CT molecular complexity index is 887. The molecule has 0 bridgehead atoms. The average Bonchev–Trinajstić information content (AvgIpc) is 2.60. The van der Waals surface area contributed by atoms with Crippen molar-refractivity contribution in [1.82, 2.24) is 9.60 Å². The van der Waals surface area contributed by atoms with E-state index in [4.69, 9.17) is 0 Å². The third kappa shape index (κ3) is 1.99. The van der Waals surface area contributed by atoms with E-state index in [0.717, 1.165) is 11.4 Å². The summed E-state index contributed by atoms with van der Waals surface area (Å²) in [6, 6.07) is 25.9. The molecule has 1 aliphatic heterocycles. The molecule has 3 heteroatoms. The van der Waals surface area contributed by atoms with E-state index >= 15 is 0 Å². The number of nitrogens with zero attached hydrogens (tertiary/aromatic N) is 2. The quantitative estimate of drug-likeness (QED) is 0.628. The van der Waals surface area contributed by atoms with Crippen molar-refractivity contribution in [3.05, 3.63) is 78.4 Å². The van der Waals surface area contributed by atoms with Crippen LogP contribution >= 0.6 is 0 Å². The molecular weight excluding hydrogens is 294 g/mol. The van der Waals surface area contributed by atoms with Gasteiger partial charge in [0.25, 0.3) is 0 Å². The molecule has 1 aliphatic rings. The normalized spacial score (nSPS) is 18.7. The molecule has 24 heavy (non-hydrogen) atoms. The van der Waals surface area contributed by atoms with Crippen LogP contribution in [0.5, 0.6) is 0 Å². The van der Waals surface area contributed by atoms with Gasteiger partial charge in [0, 0.05) is 38.4 Å². The van der Waals surface area contributed by atoms with Crippen molar-refractivity contribution < 1.29 is 0 Å². The molecular formula is C21H22N3+. The molecule has 0 saturated carbocycles. The molecule has 0 saturated heterocycles. The van der Waals surface area contributed by atoms with Gasteiger partial charge in [-0.25, -0.2) is 0 Å². The lowest BCUT2D eigenvalue weighted by molar-refractivity contribution is 0.163. The van der Waals surface area contributed by atoms with Crippen LogP contribution in [-0.4, -0.2) is 19.1 Å². The highest BCUT2D eigenvalue weighted by molar-refractivity contribution is 5.92. The molecule has 0 spiro atoms. The Morgan fingerprint density at radius 2 is 1.42 bits per heavy atom. The fourth-order valence-corrected chi connectivity index (χ4v) is 3.75. The van der Waals surface area contributed by atoms with E-state index in [1.807, 2.05) is 0 Å². The zero-order chi connectivity index (χ0) is 16.7. The standard InChI is InChI=1S/C21H22N3/c1-16-13-14-21-19(15-16)22-18-11-7-8-12-20(18)24(21,23(2)3)17-9-5-4-6-10-17/h4-15,22H,1-3H3/q+1. The lowest BCUT2D eigenvalue weighted by Gasteiger charge is -2.45. The minimum Gasteiger partial charge on any atom is -0.346 e. The number of rotatable bonds is 2. The van der Waals surface area contributed by atoms with E-state index in [1.165, 1.54) is 22.6 Å². The molecule has 1 atom stereocenters. The van der Waals surface area contributed by atoms with Gasteiger partial charge in [-0.3, -0.25) is 0 Å². The summed E-state index contributed by atoms with van der Waals surface area (Å²) >= 11 is 0. The predicted molar refractivity (Wildman–Crippen MR) is 102 cm³/mol. The van der Waals surface area contributed by atoms with Gasteiger partial charge in [-0.05, 0) is 24.6 Å². The zero-order valence-electron chi connectivity index (χ0n) is 14.3. The van der Waals surface area contributed by atoms with Crippen LogP contribution in [0.3, 0.4) is 0 Å². The highest BCUT2D eigenvalue weighted by Gasteiger charge is 2.46. The first-order chi connectivity index (χ1) is 11.6. The van der Waals surface area contributed by atoms with Crippen LogP contribution in [-0.2, 0) is 0 Å². The van der Waals surface area contributed by atoms with Crippen LogP contribution in [0.4, 0.5) is 28.4 Å². The van der Waals surface area contributed by atoms with Gasteiger partial charge in [-0.15, -0.1) is 9.60 Å². The number of aryl methyl sites for hydroxylation is 1. The van der Waals surface area contributed by atoms with Crippen molar-refractivity contribution in [2.45, 2.75) is 6.92 Å². The second kappa shape index (κ2) is 5.48. The van der Waals surface area contributed by atoms with Gasteiger partial charge in [-0.2, -0.15) is 0 Å². The van der Waals surface area contributed by atoms with E-state index in [2.05, 4.69) is 104 Å². The van der Waals surface area contributed by atoms with E-state index in [1.54, 1.807) is 0 Å². The molecule has 1 heterocycles. The van der Waals surface area contributed by atoms with Gasteiger partial charge in [-0.1, -0.05) is 36.4 Å². The summed E-state index contributed by atoms with van der Waals surface area (Å²) in [5, 5.41) is 5.89. The van der Waals surface area contributed by atoms with E-state index < -0.39 is 0 Å². The molecule has 3 aromatic rings. The molecule has 4 rings (SSSR count). The second-order valence-corrected chi connectivity index (χ2v) is 6.48. The Kier molecular flexibility index (Phi) is 3.41. The lowest BCUT2D eigenvalue weighted by atomic mass is 10.0. The number of fused-ring (bicyclic) bond motifs is 2. The SMILES string of the molecule is Cc1ccc2c(c1)Nc1ccccc1[N+]2(c1ccccc1)N(C)C. The molecule has 120 valence electrons. The summed E-state index contributed by atoms with van der Waals surface area (Å²) in [6.45, 7) is 2.13. The second-order valence-electron chi connectivity index (χ2n) is 6.48. The first-order valence-corrected chi connectivity index (χ1v) is 8.24. The number of hydrogen-bond donors (Lipinski definition) is 1. The molecule has 3 nitrogen and oxygen atoms in total. The van der Waals surface area contributed by atoms with Crippen LogP contribution < -0.4 is 9.91 Å². The maximum absolute atomic E-state index is 3.62. The minimum atomic E-state index is 0.569. The summed E-state index contributed by atoms with van der Waals surface area (Å²) in [4.78, 5) is 0. The maximum Gasteiger partial charge on any atom is 0.186 e. The first kappa shape index (κ1) is 14.9. The third-order valence-electron chi connectivity index (χ3n) is 4.75. The van der Waals surface area contributed by atoms with Gasteiger partial charge in [0.2, 0.25) is 0 Å². The van der Waals surface area contributed by atoms with Crippen molar-refractivity contribution in [2.75, 3.05) is 19.4 Å². The average molecular weight is 316 g/mol. The Morgan fingerprint density at radius 3 is 2.17 bits per heavy atom.